The lowest BCUT2D eigenvalue weighted by Crippen LogP contribution is -2.20. The molecule has 1 fully saturated rings. The van der Waals surface area contributed by atoms with Crippen LogP contribution in [0.3, 0.4) is 0 Å². The van der Waals surface area contributed by atoms with Crippen LogP contribution in [0.1, 0.15) is 16.7 Å². The molecule has 0 saturated carbocycles. The summed E-state index contributed by atoms with van der Waals surface area (Å²) in [5, 5.41) is 6.12. The summed E-state index contributed by atoms with van der Waals surface area (Å²) in [4.78, 5) is 29.9. The van der Waals surface area contributed by atoms with Crippen molar-refractivity contribution in [2.75, 3.05) is 19.0 Å². The third kappa shape index (κ3) is 6.56. The number of nitrogens with one attached hydrogen (secondary N) is 2. The molecule has 1 aliphatic rings. The fourth-order valence-corrected chi connectivity index (χ4v) is 4.81. The van der Waals surface area contributed by atoms with E-state index >= 15 is 0 Å². The number of carbonyl (C=O) groups is 2. The predicted octanol–water partition coefficient (Wildman–Crippen LogP) is 5.98. The highest BCUT2D eigenvalue weighted by Crippen LogP contribution is 2.38. The lowest BCUT2D eigenvalue weighted by atomic mass is 10.2. The maximum absolute atomic E-state index is 12.5. The number of carbonyl (C=O) groups excluding carboxylic acids is 2. The van der Waals surface area contributed by atoms with E-state index < -0.39 is 0 Å². The zero-order chi connectivity index (χ0) is 25.7. The molecule has 184 valence electrons. The molecule has 0 atom stereocenters. The SMILES string of the molecule is COc1cc(/C=C2\SC(=Nc3ccc(C)cc3)NC2=O)cc(Br)c1OCC(=O)Nc1cccc(C)c1. The van der Waals surface area contributed by atoms with E-state index in [9.17, 15) is 9.59 Å². The van der Waals surface area contributed by atoms with Crippen molar-refractivity contribution in [2.45, 2.75) is 13.8 Å². The van der Waals surface area contributed by atoms with Gasteiger partial charge in [0.25, 0.3) is 11.8 Å². The van der Waals surface area contributed by atoms with Gasteiger partial charge in [0.1, 0.15) is 0 Å². The Labute approximate surface area is 222 Å². The van der Waals surface area contributed by atoms with E-state index in [4.69, 9.17) is 9.47 Å². The van der Waals surface area contributed by atoms with Gasteiger partial charge in [-0.3, -0.25) is 9.59 Å². The van der Waals surface area contributed by atoms with Gasteiger partial charge in [-0.25, -0.2) is 4.99 Å². The fourth-order valence-electron chi connectivity index (χ4n) is 3.39. The van der Waals surface area contributed by atoms with Gasteiger partial charge in [-0.2, -0.15) is 0 Å². The minimum atomic E-state index is -0.292. The molecular formula is C27H24BrN3O4S. The number of anilines is 1. The Hall–Kier alpha value is -3.56. The van der Waals surface area contributed by atoms with Crippen LogP contribution in [0.25, 0.3) is 6.08 Å². The van der Waals surface area contributed by atoms with Crippen LogP contribution in [-0.4, -0.2) is 30.7 Å². The molecule has 2 amide bonds. The molecule has 4 rings (SSSR count). The van der Waals surface area contributed by atoms with Crippen LogP contribution in [0.2, 0.25) is 0 Å². The van der Waals surface area contributed by atoms with Crippen molar-refractivity contribution in [3.63, 3.8) is 0 Å². The lowest BCUT2D eigenvalue weighted by molar-refractivity contribution is -0.118. The second kappa shape index (κ2) is 11.5. The second-order valence-corrected chi connectivity index (χ2v) is 9.94. The number of methoxy groups -OCH3 is 1. The van der Waals surface area contributed by atoms with Crippen LogP contribution >= 0.6 is 27.7 Å². The number of nitrogens with zero attached hydrogens (tertiary/aromatic N) is 1. The number of amidine groups is 1. The Kier molecular flexibility index (Phi) is 8.12. The van der Waals surface area contributed by atoms with E-state index in [2.05, 4.69) is 31.6 Å². The third-order valence-corrected chi connectivity index (χ3v) is 6.61. The molecule has 2 N–H and O–H groups in total. The molecule has 7 nitrogen and oxygen atoms in total. The number of aliphatic imine (C=N–C) groups is 1. The largest absolute Gasteiger partial charge is 0.493 e. The predicted molar refractivity (Wildman–Crippen MR) is 148 cm³/mol. The highest BCUT2D eigenvalue weighted by Gasteiger charge is 2.24. The normalized spacial score (nSPS) is 15.2. The van der Waals surface area contributed by atoms with Crippen LogP contribution in [0.15, 0.2) is 75.0 Å². The van der Waals surface area contributed by atoms with Gasteiger partial charge in [0.2, 0.25) is 0 Å². The maximum Gasteiger partial charge on any atom is 0.264 e. The minimum Gasteiger partial charge on any atom is -0.493 e. The highest BCUT2D eigenvalue weighted by molar-refractivity contribution is 9.10. The average Bonchev–Trinajstić information content (AvgIpc) is 3.17. The summed E-state index contributed by atoms with van der Waals surface area (Å²) in [5.41, 5.74) is 4.38. The third-order valence-electron chi connectivity index (χ3n) is 5.11. The Balaban J connectivity index is 1.46. The van der Waals surface area contributed by atoms with Crippen LogP contribution in [-0.2, 0) is 9.59 Å². The molecule has 0 unspecified atom stereocenters. The second-order valence-electron chi connectivity index (χ2n) is 8.06. The number of hydrogen-bond donors (Lipinski definition) is 2. The van der Waals surface area contributed by atoms with E-state index in [0.29, 0.717) is 31.7 Å². The van der Waals surface area contributed by atoms with Crippen molar-refractivity contribution in [1.29, 1.82) is 0 Å². The van der Waals surface area contributed by atoms with Gasteiger partial charge >= 0.3 is 0 Å². The zero-order valence-electron chi connectivity index (χ0n) is 19.9. The first-order valence-electron chi connectivity index (χ1n) is 11.0. The molecule has 9 heteroatoms. The van der Waals surface area contributed by atoms with Crippen LogP contribution < -0.4 is 20.1 Å². The van der Waals surface area contributed by atoms with Crippen molar-refractivity contribution < 1.29 is 19.1 Å². The standard InChI is InChI=1S/C27H24BrN3O4S/c1-16-7-9-19(10-8-16)30-27-31-26(33)23(36-27)14-18-12-21(28)25(22(13-18)34-3)35-15-24(32)29-20-6-4-5-17(2)11-20/h4-14H,15H2,1-3H3,(H,29,32)(H,30,31,33)/b23-14-. The van der Waals surface area contributed by atoms with Crippen molar-refractivity contribution in [2.24, 2.45) is 4.99 Å². The van der Waals surface area contributed by atoms with E-state index in [0.717, 1.165) is 22.4 Å². The van der Waals surface area contributed by atoms with Gasteiger partial charge in [0.05, 0.1) is 22.2 Å². The quantitative estimate of drug-likeness (QED) is 0.344. The molecule has 0 bridgehead atoms. The van der Waals surface area contributed by atoms with E-state index in [1.807, 2.05) is 62.4 Å². The Morgan fingerprint density at radius 3 is 2.61 bits per heavy atom. The smallest absolute Gasteiger partial charge is 0.264 e. The number of rotatable bonds is 7. The first-order valence-corrected chi connectivity index (χ1v) is 12.6. The highest BCUT2D eigenvalue weighted by atomic mass is 79.9. The Bertz CT molecular complexity index is 1370. The summed E-state index contributed by atoms with van der Waals surface area (Å²) in [5.74, 6) is 0.301. The molecule has 3 aromatic rings. The van der Waals surface area contributed by atoms with Gasteiger partial charge in [-0.05, 0) is 95.1 Å². The molecule has 0 aromatic heterocycles. The van der Waals surface area contributed by atoms with Crippen LogP contribution in [0.4, 0.5) is 11.4 Å². The topological polar surface area (TPSA) is 89.0 Å². The summed E-state index contributed by atoms with van der Waals surface area (Å²) in [7, 11) is 1.52. The molecule has 3 aromatic carbocycles. The summed E-state index contributed by atoms with van der Waals surface area (Å²) in [6.45, 7) is 3.77. The van der Waals surface area contributed by atoms with Gasteiger partial charge in [-0.15, -0.1) is 0 Å². The van der Waals surface area contributed by atoms with Crippen molar-refractivity contribution in [3.05, 3.63) is 86.7 Å². The molecule has 1 saturated heterocycles. The number of hydrogen-bond acceptors (Lipinski definition) is 6. The lowest BCUT2D eigenvalue weighted by Gasteiger charge is -2.14. The number of halogens is 1. The van der Waals surface area contributed by atoms with Gasteiger partial charge in [0, 0.05) is 5.69 Å². The number of aryl methyl sites for hydroxylation is 2. The molecule has 0 spiro atoms. The number of amides is 2. The van der Waals surface area contributed by atoms with E-state index in [-0.39, 0.29) is 18.4 Å². The summed E-state index contributed by atoms with van der Waals surface area (Å²) < 4.78 is 11.8. The van der Waals surface area contributed by atoms with Crippen LogP contribution in [0.5, 0.6) is 11.5 Å². The molecular weight excluding hydrogens is 542 g/mol. The van der Waals surface area contributed by atoms with Gasteiger partial charge < -0.3 is 20.1 Å². The molecule has 1 aliphatic heterocycles. The molecule has 36 heavy (non-hydrogen) atoms. The van der Waals surface area contributed by atoms with E-state index in [1.54, 1.807) is 18.2 Å². The van der Waals surface area contributed by atoms with Crippen molar-refractivity contribution in [1.82, 2.24) is 5.32 Å². The number of ether oxygens (including phenoxy) is 2. The average molecular weight is 566 g/mol. The van der Waals surface area contributed by atoms with Crippen LogP contribution in [0, 0.1) is 13.8 Å². The minimum absolute atomic E-state index is 0.194. The Morgan fingerprint density at radius 1 is 1.11 bits per heavy atom. The summed E-state index contributed by atoms with van der Waals surface area (Å²) in [6, 6.07) is 18.8. The number of benzene rings is 3. The molecule has 0 radical (unpaired) electrons. The summed E-state index contributed by atoms with van der Waals surface area (Å²) >= 11 is 4.76. The Morgan fingerprint density at radius 2 is 1.89 bits per heavy atom. The first kappa shape index (κ1) is 25.5. The van der Waals surface area contributed by atoms with Gasteiger partial charge in [-0.1, -0.05) is 29.8 Å². The fraction of sp³-hybridized carbons (Fsp3) is 0.148. The zero-order valence-corrected chi connectivity index (χ0v) is 22.3. The first-order chi connectivity index (χ1) is 17.3. The van der Waals surface area contributed by atoms with Crippen molar-refractivity contribution in [3.8, 4) is 11.5 Å². The molecule has 0 aliphatic carbocycles. The monoisotopic (exact) mass is 565 g/mol. The van der Waals surface area contributed by atoms with Gasteiger partial charge in [0.15, 0.2) is 23.3 Å². The maximum atomic E-state index is 12.5. The summed E-state index contributed by atoms with van der Waals surface area (Å²) in [6.07, 6.45) is 1.75. The van der Waals surface area contributed by atoms with E-state index in [1.165, 1.54) is 18.9 Å². The number of thioether (sulfide) groups is 1. The molecule has 1 heterocycles. The van der Waals surface area contributed by atoms with Crippen molar-refractivity contribution >= 4 is 62.1 Å².